The monoisotopic (exact) mass is 278 g/mol. The van der Waals surface area contributed by atoms with Crippen molar-refractivity contribution in [3.05, 3.63) is 65.5 Å². The summed E-state index contributed by atoms with van der Waals surface area (Å²) >= 11 is 0. The van der Waals surface area contributed by atoms with E-state index in [4.69, 9.17) is 0 Å². The lowest BCUT2D eigenvalue weighted by molar-refractivity contribution is 0.0964. The second-order valence-electron chi connectivity index (χ2n) is 4.87. The molecular weight excluding hydrogens is 264 g/mol. The molecule has 0 saturated heterocycles. The number of hydrogen-bond donors (Lipinski definition) is 0. The van der Waals surface area contributed by atoms with Gasteiger partial charge in [0.1, 0.15) is 0 Å². The van der Waals surface area contributed by atoms with Crippen molar-refractivity contribution in [1.82, 2.24) is 4.98 Å². The number of fused-ring (bicyclic) bond motifs is 1. The summed E-state index contributed by atoms with van der Waals surface area (Å²) in [5.74, 6) is -0.173. The molecular formula is C17H14N2O2. The van der Waals surface area contributed by atoms with Crippen molar-refractivity contribution in [3.8, 4) is 0 Å². The van der Waals surface area contributed by atoms with Crippen molar-refractivity contribution in [2.24, 2.45) is 4.99 Å². The first-order chi connectivity index (χ1) is 10.3. The molecule has 1 aliphatic carbocycles. The fourth-order valence-corrected chi connectivity index (χ4v) is 2.39. The molecule has 1 heterocycles. The fourth-order valence-electron chi connectivity index (χ4n) is 2.39. The van der Waals surface area contributed by atoms with Crippen molar-refractivity contribution in [3.63, 3.8) is 0 Å². The number of pyridine rings is 1. The van der Waals surface area contributed by atoms with Crippen LogP contribution in [0.15, 0.2) is 53.7 Å². The van der Waals surface area contributed by atoms with E-state index in [2.05, 4.69) is 9.98 Å². The Morgan fingerprint density at radius 2 is 1.76 bits per heavy atom. The van der Waals surface area contributed by atoms with Gasteiger partial charge in [0, 0.05) is 36.0 Å². The first-order valence-electron chi connectivity index (χ1n) is 6.86. The Balaban J connectivity index is 1.76. The molecule has 0 bridgehead atoms. The lowest BCUT2D eigenvalue weighted by Crippen LogP contribution is -2.27. The van der Waals surface area contributed by atoms with Crippen molar-refractivity contribution >= 4 is 17.3 Å². The normalized spacial score (nSPS) is 16.1. The quantitative estimate of drug-likeness (QED) is 0.866. The number of benzene rings is 1. The van der Waals surface area contributed by atoms with Crippen LogP contribution in [0.1, 0.15) is 32.8 Å². The number of Topliss-reactive ketones (excluding diaryl/α,β-unsaturated/α-hetero) is 2. The van der Waals surface area contributed by atoms with Crippen LogP contribution in [-0.2, 0) is 6.42 Å². The molecule has 0 amide bonds. The third-order valence-electron chi connectivity index (χ3n) is 3.46. The van der Waals surface area contributed by atoms with Gasteiger partial charge < -0.3 is 0 Å². The van der Waals surface area contributed by atoms with E-state index in [-0.39, 0.29) is 18.0 Å². The van der Waals surface area contributed by atoms with Crippen molar-refractivity contribution in [1.29, 1.82) is 0 Å². The Morgan fingerprint density at radius 3 is 2.52 bits per heavy atom. The summed E-state index contributed by atoms with van der Waals surface area (Å²) < 4.78 is 0. The molecule has 0 unspecified atom stereocenters. The zero-order valence-electron chi connectivity index (χ0n) is 11.5. The van der Waals surface area contributed by atoms with Gasteiger partial charge >= 0.3 is 0 Å². The number of aliphatic imine (C=N–C) groups is 1. The van der Waals surface area contributed by atoms with E-state index >= 15 is 0 Å². The van der Waals surface area contributed by atoms with Gasteiger partial charge in [0.15, 0.2) is 5.78 Å². The van der Waals surface area contributed by atoms with E-state index < -0.39 is 0 Å². The molecule has 0 atom stereocenters. The minimum atomic E-state index is -0.133. The van der Waals surface area contributed by atoms with E-state index in [1.54, 1.807) is 30.5 Å². The summed E-state index contributed by atoms with van der Waals surface area (Å²) in [5, 5.41) is 0. The molecule has 0 radical (unpaired) electrons. The summed E-state index contributed by atoms with van der Waals surface area (Å²) in [5.41, 5.74) is 2.25. The predicted octanol–water partition coefficient (Wildman–Crippen LogP) is 2.53. The molecule has 104 valence electrons. The first-order valence-corrected chi connectivity index (χ1v) is 6.86. The van der Waals surface area contributed by atoms with Crippen LogP contribution in [0, 0.1) is 0 Å². The zero-order valence-corrected chi connectivity index (χ0v) is 11.5. The molecule has 1 aliphatic rings. The molecule has 1 aromatic carbocycles. The molecule has 0 fully saturated rings. The minimum Gasteiger partial charge on any atom is -0.294 e. The number of ketones is 2. The Bertz CT molecular complexity index is 721. The molecule has 0 saturated carbocycles. The van der Waals surface area contributed by atoms with Crippen LogP contribution in [0.4, 0.5) is 0 Å². The summed E-state index contributed by atoms with van der Waals surface area (Å²) in [4.78, 5) is 32.9. The van der Waals surface area contributed by atoms with Gasteiger partial charge in [-0.05, 0) is 12.1 Å². The number of rotatable bonds is 3. The van der Waals surface area contributed by atoms with Gasteiger partial charge in [-0.15, -0.1) is 0 Å². The van der Waals surface area contributed by atoms with Crippen LogP contribution in [-0.4, -0.2) is 28.8 Å². The van der Waals surface area contributed by atoms with Crippen LogP contribution in [0.2, 0.25) is 0 Å². The molecule has 0 spiro atoms. The molecule has 21 heavy (non-hydrogen) atoms. The Kier molecular flexibility index (Phi) is 3.69. The van der Waals surface area contributed by atoms with Crippen molar-refractivity contribution in [2.45, 2.75) is 12.8 Å². The first kappa shape index (κ1) is 13.4. The largest absolute Gasteiger partial charge is 0.294 e. The van der Waals surface area contributed by atoms with E-state index in [9.17, 15) is 9.59 Å². The van der Waals surface area contributed by atoms with Gasteiger partial charge in [-0.25, -0.2) is 0 Å². The third-order valence-corrected chi connectivity index (χ3v) is 3.46. The molecule has 4 nitrogen and oxygen atoms in total. The highest BCUT2D eigenvalue weighted by molar-refractivity contribution is 6.52. The highest BCUT2D eigenvalue weighted by Crippen LogP contribution is 2.19. The maximum Gasteiger partial charge on any atom is 0.207 e. The molecule has 1 aromatic heterocycles. The number of carbonyl (C=O) groups excluding carboxylic acids is 2. The van der Waals surface area contributed by atoms with Crippen molar-refractivity contribution in [2.75, 3.05) is 6.54 Å². The third kappa shape index (κ3) is 2.79. The predicted molar refractivity (Wildman–Crippen MR) is 80.0 cm³/mol. The standard InChI is InChI=1S/C17H14N2O2/c20-16-11-15(17(21)14-7-2-1-6-13(14)16)19-10-8-12-5-3-4-9-18-12/h1-7,9H,8,10-11H2. The van der Waals surface area contributed by atoms with Gasteiger partial charge in [0.25, 0.3) is 0 Å². The average molecular weight is 278 g/mol. The number of nitrogens with zero attached hydrogens (tertiary/aromatic N) is 2. The zero-order chi connectivity index (χ0) is 14.7. The minimum absolute atomic E-state index is 0.0400. The lowest BCUT2D eigenvalue weighted by atomic mass is 9.88. The topological polar surface area (TPSA) is 59.4 Å². The molecule has 2 aromatic rings. The van der Waals surface area contributed by atoms with Crippen LogP contribution in [0.5, 0.6) is 0 Å². The average Bonchev–Trinajstić information content (AvgIpc) is 2.53. The van der Waals surface area contributed by atoms with Crippen molar-refractivity contribution < 1.29 is 9.59 Å². The fraction of sp³-hybridized carbons (Fsp3) is 0.176. The van der Waals surface area contributed by atoms with Gasteiger partial charge in [-0.2, -0.15) is 0 Å². The van der Waals surface area contributed by atoms with Gasteiger partial charge in [-0.3, -0.25) is 19.6 Å². The van der Waals surface area contributed by atoms with Gasteiger partial charge in [0.05, 0.1) is 12.1 Å². The van der Waals surface area contributed by atoms with Gasteiger partial charge in [-0.1, -0.05) is 30.3 Å². The maximum atomic E-state index is 12.3. The molecule has 4 heteroatoms. The SMILES string of the molecule is O=C1CC(=NCCc2ccccn2)C(=O)c2ccccc21. The maximum absolute atomic E-state index is 12.3. The van der Waals surface area contributed by atoms with Crippen LogP contribution in [0.3, 0.4) is 0 Å². The Hall–Kier alpha value is -2.62. The number of hydrogen-bond acceptors (Lipinski definition) is 4. The Labute approximate surface area is 122 Å². The smallest absolute Gasteiger partial charge is 0.207 e. The summed E-state index contributed by atoms with van der Waals surface area (Å²) in [6.07, 6.45) is 2.49. The number of aromatic nitrogens is 1. The molecule has 3 rings (SSSR count). The van der Waals surface area contributed by atoms with Gasteiger partial charge in [0.2, 0.25) is 5.78 Å². The second-order valence-corrected chi connectivity index (χ2v) is 4.87. The Morgan fingerprint density at radius 1 is 1.00 bits per heavy atom. The summed E-state index contributed by atoms with van der Waals surface area (Å²) in [7, 11) is 0. The summed E-state index contributed by atoms with van der Waals surface area (Å²) in [6, 6.07) is 12.6. The van der Waals surface area contributed by atoms with Crippen LogP contribution in [0.25, 0.3) is 0 Å². The lowest BCUT2D eigenvalue weighted by Gasteiger charge is -2.15. The van der Waals surface area contributed by atoms with E-state index in [1.165, 1.54) is 0 Å². The molecule has 0 N–H and O–H groups in total. The van der Waals surface area contributed by atoms with Crippen LogP contribution >= 0.6 is 0 Å². The number of carbonyl (C=O) groups is 2. The highest BCUT2D eigenvalue weighted by atomic mass is 16.1. The van der Waals surface area contributed by atoms with E-state index in [0.717, 1.165) is 5.69 Å². The van der Waals surface area contributed by atoms with E-state index in [0.29, 0.717) is 29.8 Å². The highest BCUT2D eigenvalue weighted by Gasteiger charge is 2.28. The van der Waals surface area contributed by atoms with E-state index in [1.807, 2.05) is 18.2 Å². The molecule has 0 aliphatic heterocycles. The second kappa shape index (κ2) is 5.79. The van der Waals surface area contributed by atoms with Crippen LogP contribution < -0.4 is 0 Å². The summed E-state index contributed by atoms with van der Waals surface area (Å²) in [6.45, 7) is 0.466.